The molecule has 3 heteroatoms. The van der Waals surface area contributed by atoms with Crippen molar-refractivity contribution < 1.29 is 13.5 Å². The fourth-order valence-electron chi connectivity index (χ4n) is 5.49. The zero-order valence-corrected chi connectivity index (χ0v) is 22.7. The second-order valence-electron chi connectivity index (χ2n) is 11.7. The van der Waals surface area contributed by atoms with E-state index in [4.69, 9.17) is 11.2 Å². The van der Waals surface area contributed by atoms with E-state index in [1.54, 1.807) is 6.08 Å². The van der Waals surface area contributed by atoms with Crippen molar-refractivity contribution in [2.45, 2.75) is 85.7 Å². The summed E-state index contributed by atoms with van der Waals surface area (Å²) in [4.78, 5) is 0. The van der Waals surface area contributed by atoms with Crippen LogP contribution in [0.25, 0.3) is 0 Å². The molecular weight excluding hydrogens is 450 g/mol. The molecule has 0 amide bonds. The highest BCUT2D eigenvalue weighted by Gasteiger charge is 2.40. The Bertz CT molecular complexity index is 1070. The molecule has 3 aliphatic rings. The maximum Gasteiger partial charge on any atom is 0.426 e. The molecule has 0 bridgehead atoms. The third-order valence-corrected chi connectivity index (χ3v) is 7.62. The second kappa shape index (κ2) is 11.2. The van der Waals surface area contributed by atoms with Crippen LogP contribution < -0.4 is 0 Å². The Morgan fingerprint density at radius 1 is 1.08 bits per heavy atom. The van der Waals surface area contributed by atoms with E-state index in [-0.39, 0.29) is 16.7 Å². The van der Waals surface area contributed by atoms with Gasteiger partial charge in [0, 0.05) is 5.41 Å². The van der Waals surface area contributed by atoms with Crippen molar-refractivity contribution in [3.05, 3.63) is 83.2 Å². The summed E-state index contributed by atoms with van der Waals surface area (Å²) in [5.41, 5.74) is 1.70. The molecule has 0 aromatic heterocycles. The zero-order chi connectivity index (χ0) is 26.6. The van der Waals surface area contributed by atoms with Gasteiger partial charge in [-0.25, -0.2) is 0 Å². The molecule has 2 unspecified atom stereocenters. The van der Waals surface area contributed by atoms with Crippen LogP contribution in [0.1, 0.15) is 79.6 Å². The van der Waals surface area contributed by atoms with E-state index in [9.17, 15) is 0 Å². The van der Waals surface area contributed by atoms with Crippen molar-refractivity contribution in [3.63, 3.8) is 0 Å². The number of terminal acetylenes is 1. The standard InChI is InChI=1S/C33H42F2O/c1-8-31(6)21-28(27-14-11-25(4)12-15-27)16-17-29(22-31)33(34,35)36-30-18-13-26(5)20-32(7,23-30)19-9-10-24(2)3/h1,13,16-18,20-23,25,27H,2,9-12,14-15,19H2,3-7H3. The van der Waals surface area contributed by atoms with Crippen molar-refractivity contribution in [3.8, 4) is 12.3 Å². The SMILES string of the molecule is C#CC1(C)C=C(C2CCC(C)CC2)C=CC(C(F)(F)OC2=CC(C)(CCCC(=C)C)C=C(C)C=C2)=C1. The Hall–Kier alpha value is -2.60. The van der Waals surface area contributed by atoms with Gasteiger partial charge in [0.15, 0.2) is 0 Å². The van der Waals surface area contributed by atoms with E-state index in [0.717, 1.165) is 61.7 Å². The monoisotopic (exact) mass is 492 g/mol. The third kappa shape index (κ3) is 7.45. The van der Waals surface area contributed by atoms with Crippen LogP contribution >= 0.6 is 0 Å². The van der Waals surface area contributed by atoms with E-state index < -0.39 is 11.5 Å². The van der Waals surface area contributed by atoms with Gasteiger partial charge in [-0.05, 0) is 94.6 Å². The minimum absolute atomic E-state index is 0.168. The number of alkyl halides is 2. The summed E-state index contributed by atoms with van der Waals surface area (Å²) < 4.78 is 36.8. The molecule has 1 fully saturated rings. The zero-order valence-electron chi connectivity index (χ0n) is 22.7. The molecule has 0 N–H and O–H groups in total. The third-order valence-electron chi connectivity index (χ3n) is 7.62. The highest BCUT2D eigenvalue weighted by molar-refractivity contribution is 5.44. The fraction of sp³-hybridized carbons (Fsp3) is 0.515. The van der Waals surface area contributed by atoms with Crippen LogP contribution in [0.15, 0.2) is 83.2 Å². The Morgan fingerprint density at radius 2 is 1.78 bits per heavy atom. The first-order chi connectivity index (χ1) is 16.8. The van der Waals surface area contributed by atoms with Gasteiger partial charge >= 0.3 is 6.11 Å². The number of rotatable bonds is 8. The van der Waals surface area contributed by atoms with Crippen molar-refractivity contribution in [2.75, 3.05) is 0 Å². The van der Waals surface area contributed by atoms with E-state index >= 15 is 8.78 Å². The van der Waals surface area contributed by atoms with Gasteiger partial charge in [-0.3, -0.25) is 0 Å². The lowest BCUT2D eigenvalue weighted by molar-refractivity contribution is -0.177. The van der Waals surface area contributed by atoms with Gasteiger partial charge in [-0.2, -0.15) is 8.78 Å². The molecule has 3 rings (SSSR count). The number of hydrogen-bond acceptors (Lipinski definition) is 1. The van der Waals surface area contributed by atoms with Crippen LogP contribution in [-0.2, 0) is 4.74 Å². The molecule has 0 aromatic carbocycles. The maximum absolute atomic E-state index is 15.7. The van der Waals surface area contributed by atoms with Gasteiger partial charge in [0.25, 0.3) is 0 Å². The first-order valence-corrected chi connectivity index (χ1v) is 13.3. The summed E-state index contributed by atoms with van der Waals surface area (Å²) in [5, 5.41) is 0. The number of allylic oxidation sites excluding steroid dienone is 10. The summed E-state index contributed by atoms with van der Waals surface area (Å²) in [6, 6.07) is 0. The van der Waals surface area contributed by atoms with Crippen LogP contribution in [0, 0.1) is 35.0 Å². The highest BCUT2D eigenvalue weighted by Crippen LogP contribution is 2.42. The lowest BCUT2D eigenvalue weighted by Gasteiger charge is -2.28. The largest absolute Gasteiger partial charge is 0.429 e. The summed E-state index contributed by atoms with van der Waals surface area (Å²) in [5.74, 6) is 3.98. The van der Waals surface area contributed by atoms with E-state index in [1.807, 2.05) is 45.1 Å². The Balaban J connectivity index is 1.85. The van der Waals surface area contributed by atoms with Gasteiger partial charge in [-0.1, -0.05) is 68.1 Å². The molecule has 0 saturated heterocycles. The molecule has 0 radical (unpaired) electrons. The van der Waals surface area contributed by atoms with E-state index in [1.165, 1.54) is 12.2 Å². The Labute approximate surface area is 217 Å². The van der Waals surface area contributed by atoms with Gasteiger partial charge < -0.3 is 4.74 Å². The quantitative estimate of drug-likeness (QED) is 0.242. The number of hydrogen-bond donors (Lipinski definition) is 0. The predicted octanol–water partition coefficient (Wildman–Crippen LogP) is 9.64. The van der Waals surface area contributed by atoms with Gasteiger partial charge in [-0.15, -0.1) is 13.0 Å². The normalized spacial score (nSPS) is 30.7. The average Bonchev–Trinajstić information content (AvgIpc) is 3.05. The predicted molar refractivity (Wildman–Crippen MR) is 147 cm³/mol. The number of ether oxygens (including phenoxy) is 1. The topological polar surface area (TPSA) is 9.23 Å². The lowest BCUT2D eigenvalue weighted by atomic mass is 9.77. The minimum atomic E-state index is -3.52. The Morgan fingerprint density at radius 3 is 2.42 bits per heavy atom. The first-order valence-electron chi connectivity index (χ1n) is 13.3. The number of halogens is 2. The molecule has 0 aliphatic heterocycles. The highest BCUT2D eigenvalue weighted by atomic mass is 19.3. The van der Waals surface area contributed by atoms with Crippen molar-refractivity contribution >= 4 is 0 Å². The Kier molecular flexibility index (Phi) is 8.71. The van der Waals surface area contributed by atoms with Crippen molar-refractivity contribution in [1.82, 2.24) is 0 Å². The lowest BCUT2D eigenvalue weighted by Crippen LogP contribution is -2.24. The van der Waals surface area contributed by atoms with Gasteiger partial charge in [0.05, 0.1) is 11.0 Å². The first kappa shape index (κ1) is 28.0. The van der Waals surface area contributed by atoms with Crippen molar-refractivity contribution in [2.24, 2.45) is 22.7 Å². The van der Waals surface area contributed by atoms with E-state index in [2.05, 4.69) is 32.4 Å². The van der Waals surface area contributed by atoms with Crippen LogP contribution in [0.5, 0.6) is 0 Å². The van der Waals surface area contributed by atoms with Crippen LogP contribution in [0.2, 0.25) is 0 Å². The molecule has 2 atom stereocenters. The van der Waals surface area contributed by atoms with Crippen LogP contribution in [0.4, 0.5) is 8.78 Å². The molecule has 1 saturated carbocycles. The summed E-state index contributed by atoms with van der Waals surface area (Å²) in [7, 11) is 0. The smallest absolute Gasteiger partial charge is 0.426 e. The molecule has 0 heterocycles. The molecule has 3 aliphatic carbocycles. The van der Waals surface area contributed by atoms with Crippen molar-refractivity contribution in [1.29, 1.82) is 0 Å². The van der Waals surface area contributed by atoms with Crippen LogP contribution in [-0.4, -0.2) is 6.11 Å². The molecule has 1 nitrogen and oxygen atoms in total. The van der Waals surface area contributed by atoms with Gasteiger partial charge in [0.1, 0.15) is 5.76 Å². The average molecular weight is 493 g/mol. The molecule has 36 heavy (non-hydrogen) atoms. The van der Waals surface area contributed by atoms with E-state index in [0.29, 0.717) is 11.8 Å². The second-order valence-corrected chi connectivity index (χ2v) is 11.7. The van der Waals surface area contributed by atoms with Crippen LogP contribution in [0.3, 0.4) is 0 Å². The molecule has 194 valence electrons. The minimum Gasteiger partial charge on any atom is -0.429 e. The van der Waals surface area contributed by atoms with Gasteiger partial charge in [0.2, 0.25) is 0 Å². The summed E-state index contributed by atoms with van der Waals surface area (Å²) in [6.07, 6.45) is 23.7. The summed E-state index contributed by atoms with van der Waals surface area (Å²) >= 11 is 0. The summed E-state index contributed by atoms with van der Waals surface area (Å²) in [6.45, 7) is 14.1. The molecular formula is C33H42F2O. The maximum atomic E-state index is 15.7. The molecule has 0 aromatic rings. The molecule has 0 spiro atoms. The fourth-order valence-corrected chi connectivity index (χ4v) is 5.49.